The molecule has 7 heteroatoms. The Bertz CT molecular complexity index is 1180. The van der Waals surface area contributed by atoms with Gasteiger partial charge in [0.2, 0.25) is 5.95 Å². The fraction of sp³-hybridized carbons (Fsp3) is 0.0909. The van der Waals surface area contributed by atoms with Crippen molar-refractivity contribution >= 4 is 28.6 Å². The highest BCUT2D eigenvalue weighted by Gasteiger charge is 2.15. The minimum atomic E-state index is -1.01. The van der Waals surface area contributed by atoms with Crippen molar-refractivity contribution in [3.05, 3.63) is 77.9 Å². The average Bonchev–Trinajstić information content (AvgIpc) is 3.06. The fourth-order valence-corrected chi connectivity index (χ4v) is 3.14. The van der Waals surface area contributed by atoms with E-state index in [-0.39, 0.29) is 11.3 Å². The molecule has 3 N–H and O–H groups in total. The van der Waals surface area contributed by atoms with E-state index < -0.39 is 5.97 Å². The highest BCUT2D eigenvalue weighted by Crippen LogP contribution is 2.28. The summed E-state index contributed by atoms with van der Waals surface area (Å²) in [5.41, 5.74) is 3.01. The van der Waals surface area contributed by atoms with Crippen molar-refractivity contribution < 1.29 is 19.7 Å². The van der Waals surface area contributed by atoms with Crippen LogP contribution in [0.25, 0.3) is 11.0 Å². The summed E-state index contributed by atoms with van der Waals surface area (Å²) < 4.78 is 7.09. The predicted molar refractivity (Wildman–Crippen MR) is 110 cm³/mol. The van der Waals surface area contributed by atoms with Gasteiger partial charge in [0.15, 0.2) is 0 Å². The summed E-state index contributed by atoms with van der Waals surface area (Å²) in [5.74, 6) is 0.457. The van der Waals surface area contributed by atoms with Crippen LogP contribution in [0.2, 0.25) is 0 Å². The van der Waals surface area contributed by atoms with Gasteiger partial charge in [0.25, 0.3) is 0 Å². The first-order valence-corrected chi connectivity index (χ1v) is 8.96. The Morgan fingerprint density at radius 1 is 1.10 bits per heavy atom. The molecule has 0 aliphatic carbocycles. The van der Waals surface area contributed by atoms with Gasteiger partial charge in [-0.3, -0.25) is 0 Å². The molecular formula is C22H19N3O4. The molecule has 7 nitrogen and oxygen atoms in total. The predicted octanol–water partition coefficient (Wildman–Crippen LogP) is 4.24. The molecular weight excluding hydrogens is 370 g/mol. The Morgan fingerprint density at radius 3 is 2.55 bits per heavy atom. The number of nitrogens with zero attached hydrogens (tertiary/aromatic N) is 2. The van der Waals surface area contributed by atoms with Crippen LogP contribution in [0, 0.1) is 0 Å². The van der Waals surface area contributed by atoms with Crippen LogP contribution >= 0.6 is 0 Å². The monoisotopic (exact) mass is 389 g/mol. The first-order chi connectivity index (χ1) is 14.0. The maximum Gasteiger partial charge on any atom is 0.335 e. The van der Waals surface area contributed by atoms with Gasteiger partial charge in [-0.1, -0.05) is 18.2 Å². The zero-order chi connectivity index (χ0) is 20.4. The van der Waals surface area contributed by atoms with Gasteiger partial charge in [-0.15, -0.1) is 0 Å². The molecule has 0 saturated heterocycles. The van der Waals surface area contributed by atoms with Gasteiger partial charge >= 0.3 is 5.97 Å². The van der Waals surface area contributed by atoms with Crippen LogP contribution in [-0.2, 0) is 6.54 Å². The van der Waals surface area contributed by atoms with Crippen molar-refractivity contribution in [3.8, 4) is 11.5 Å². The third-order valence-corrected chi connectivity index (χ3v) is 4.66. The number of ether oxygens (including phenoxy) is 1. The van der Waals surface area contributed by atoms with Crippen LogP contribution in [0.1, 0.15) is 15.9 Å². The molecule has 0 fully saturated rings. The maximum atomic E-state index is 11.3. The maximum absolute atomic E-state index is 11.3. The summed E-state index contributed by atoms with van der Waals surface area (Å²) in [6.45, 7) is 0.369. The number of carboxylic acids is 1. The molecule has 4 rings (SSSR count). The summed E-state index contributed by atoms with van der Waals surface area (Å²) >= 11 is 0. The smallest absolute Gasteiger partial charge is 0.335 e. The average molecular weight is 389 g/mol. The topological polar surface area (TPSA) is 96.6 Å². The number of aromatic nitrogens is 2. The second-order valence-corrected chi connectivity index (χ2v) is 6.51. The zero-order valence-corrected chi connectivity index (χ0v) is 15.7. The number of hydrogen-bond donors (Lipinski definition) is 3. The van der Waals surface area contributed by atoms with Gasteiger partial charge in [-0.25, -0.2) is 9.78 Å². The van der Waals surface area contributed by atoms with Gasteiger partial charge in [-0.2, -0.15) is 0 Å². The number of imidazole rings is 1. The minimum Gasteiger partial charge on any atom is -0.508 e. The van der Waals surface area contributed by atoms with Crippen molar-refractivity contribution in [3.63, 3.8) is 0 Å². The highest BCUT2D eigenvalue weighted by molar-refractivity contribution is 5.93. The molecule has 0 bridgehead atoms. The number of phenolic OH excluding ortho intramolecular Hbond substituents is 1. The lowest BCUT2D eigenvalue weighted by Crippen LogP contribution is -2.05. The first kappa shape index (κ1) is 18.4. The molecule has 1 heterocycles. The quantitative estimate of drug-likeness (QED) is 0.456. The van der Waals surface area contributed by atoms with E-state index in [9.17, 15) is 15.0 Å². The third-order valence-electron chi connectivity index (χ3n) is 4.66. The molecule has 29 heavy (non-hydrogen) atoms. The van der Waals surface area contributed by atoms with E-state index in [1.54, 1.807) is 31.4 Å². The highest BCUT2D eigenvalue weighted by atomic mass is 16.5. The molecule has 0 aliphatic rings. The van der Waals surface area contributed by atoms with Crippen molar-refractivity contribution in [2.24, 2.45) is 0 Å². The van der Waals surface area contributed by atoms with E-state index in [4.69, 9.17) is 4.74 Å². The van der Waals surface area contributed by atoms with E-state index in [1.807, 2.05) is 41.0 Å². The van der Waals surface area contributed by atoms with Crippen molar-refractivity contribution in [2.45, 2.75) is 6.54 Å². The molecule has 0 atom stereocenters. The number of para-hydroxylation sites is 1. The molecule has 3 aromatic carbocycles. The number of carboxylic acid groups (broad SMARTS) is 1. The number of anilines is 2. The molecule has 1 aromatic heterocycles. The van der Waals surface area contributed by atoms with E-state index in [2.05, 4.69) is 10.3 Å². The van der Waals surface area contributed by atoms with E-state index in [1.165, 1.54) is 6.07 Å². The fourth-order valence-electron chi connectivity index (χ4n) is 3.14. The number of rotatable bonds is 6. The van der Waals surface area contributed by atoms with Crippen LogP contribution in [0.5, 0.6) is 11.5 Å². The van der Waals surface area contributed by atoms with Crippen LogP contribution in [0.4, 0.5) is 11.6 Å². The summed E-state index contributed by atoms with van der Waals surface area (Å²) in [6.07, 6.45) is 0. The third kappa shape index (κ3) is 3.70. The summed E-state index contributed by atoms with van der Waals surface area (Å²) in [4.78, 5) is 15.9. The van der Waals surface area contributed by atoms with E-state index >= 15 is 0 Å². The largest absolute Gasteiger partial charge is 0.508 e. The molecule has 0 spiro atoms. The van der Waals surface area contributed by atoms with E-state index in [0.29, 0.717) is 18.0 Å². The molecule has 4 aromatic rings. The minimum absolute atomic E-state index is 0.167. The Kier molecular flexibility index (Phi) is 4.78. The molecule has 146 valence electrons. The Labute approximate surface area is 166 Å². The second kappa shape index (κ2) is 7.55. The SMILES string of the molecule is COc1ccc(Nc2nc3cc(C(=O)O)ccc3n2Cc2ccccc2O)cc1. The van der Waals surface area contributed by atoms with Crippen LogP contribution in [-0.4, -0.2) is 32.8 Å². The number of phenols is 1. The molecule has 0 amide bonds. The number of aromatic hydroxyl groups is 1. The standard InChI is InChI=1S/C22H19N3O4/c1-29-17-9-7-16(8-10-17)23-22-24-18-12-14(21(27)28)6-11-19(18)25(22)13-15-4-2-3-5-20(15)26/h2-12,26H,13H2,1H3,(H,23,24)(H,27,28). The van der Waals surface area contributed by atoms with Gasteiger partial charge in [0, 0.05) is 11.3 Å². The van der Waals surface area contributed by atoms with Gasteiger partial charge in [0.05, 0.1) is 30.3 Å². The second-order valence-electron chi connectivity index (χ2n) is 6.51. The van der Waals surface area contributed by atoms with E-state index in [0.717, 1.165) is 22.5 Å². The summed E-state index contributed by atoms with van der Waals surface area (Å²) in [7, 11) is 1.61. The number of carbonyl (C=O) groups is 1. The number of hydrogen-bond acceptors (Lipinski definition) is 5. The molecule has 0 aliphatic heterocycles. The van der Waals surface area contributed by atoms with Crippen molar-refractivity contribution in [1.82, 2.24) is 9.55 Å². The number of nitrogens with one attached hydrogen (secondary N) is 1. The molecule has 0 radical (unpaired) electrons. The summed E-state index contributed by atoms with van der Waals surface area (Å²) in [6, 6.07) is 19.3. The number of methoxy groups -OCH3 is 1. The number of aromatic carboxylic acids is 1. The zero-order valence-electron chi connectivity index (χ0n) is 15.7. The van der Waals surface area contributed by atoms with Crippen molar-refractivity contribution in [1.29, 1.82) is 0 Å². The van der Waals surface area contributed by atoms with Crippen molar-refractivity contribution in [2.75, 3.05) is 12.4 Å². The number of benzene rings is 3. The Hall–Kier alpha value is -4.00. The van der Waals surface area contributed by atoms with Gasteiger partial charge < -0.3 is 24.8 Å². The normalized spacial score (nSPS) is 10.8. The number of fused-ring (bicyclic) bond motifs is 1. The van der Waals surface area contributed by atoms with Gasteiger partial charge in [-0.05, 0) is 48.5 Å². The van der Waals surface area contributed by atoms with Gasteiger partial charge in [0.1, 0.15) is 11.5 Å². The first-order valence-electron chi connectivity index (χ1n) is 8.96. The molecule has 0 unspecified atom stereocenters. The lowest BCUT2D eigenvalue weighted by molar-refractivity contribution is 0.0697. The molecule has 0 saturated carbocycles. The Morgan fingerprint density at radius 2 is 1.86 bits per heavy atom. The Balaban J connectivity index is 1.79. The lowest BCUT2D eigenvalue weighted by atomic mass is 10.2. The van der Waals surface area contributed by atoms with Crippen LogP contribution < -0.4 is 10.1 Å². The van der Waals surface area contributed by atoms with Crippen LogP contribution in [0.15, 0.2) is 66.7 Å². The summed E-state index contributed by atoms with van der Waals surface area (Å²) in [5, 5.41) is 22.7. The lowest BCUT2D eigenvalue weighted by Gasteiger charge is -2.12. The van der Waals surface area contributed by atoms with Crippen LogP contribution in [0.3, 0.4) is 0 Å².